The number of halogens is 1. The van der Waals surface area contributed by atoms with Gasteiger partial charge in [0.15, 0.2) is 0 Å². The second kappa shape index (κ2) is 8.85. The maximum atomic E-state index is 13.2. The van der Waals surface area contributed by atoms with Gasteiger partial charge in [0.1, 0.15) is 5.82 Å². The average Bonchev–Trinajstić information content (AvgIpc) is 2.77. The molecule has 162 valence electrons. The van der Waals surface area contributed by atoms with Crippen LogP contribution in [0, 0.1) is 21.8 Å². The Kier molecular flexibility index (Phi) is 5.99. The summed E-state index contributed by atoms with van der Waals surface area (Å²) >= 11 is 0. The van der Waals surface area contributed by atoms with Crippen molar-refractivity contribution in [2.24, 2.45) is 5.92 Å². The quantitative estimate of drug-likeness (QED) is 0.438. The molecule has 0 radical (unpaired) electrons. The van der Waals surface area contributed by atoms with E-state index in [9.17, 15) is 19.3 Å². The number of anilines is 1. The average molecular weight is 424 g/mol. The number of nitro groups is 1. The van der Waals surface area contributed by atoms with Crippen LogP contribution in [-0.2, 0) is 17.8 Å². The summed E-state index contributed by atoms with van der Waals surface area (Å²) in [6, 6.07) is 11.4. The van der Waals surface area contributed by atoms with Gasteiger partial charge in [-0.05, 0) is 35.7 Å². The summed E-state index contributed by atoms with van der Waals surface area (Å²) in [7, 11) is 0. The van der Waals surface area contributed by atoms with E-state index in [-0.39, 0.29) is 29.4 Å². The number of nitrogens with zero attached hydrogens (tertiary/aromatic N) is 3. The predicted octanol–water partition coefficient (Wildman–Crippen LogP) is 2.90. The lowest BCUT2D eigenvalue weighted by Crippen LogP contribution is -2.60. The molecule has 1 fully saturated rings. The lowest BCUT2D eigenvalue weighted by molar-refractivity contribution is -0.384. The molecule has 8 heteroatoms. The van der Waals surface area contributed by atoms with Crippen LogP contribution in [0.2, 0.25) is 0 Å². The molecule has 1 saturated heterocycles. The van der Waals surface area contributed by atoms with Crippen molar-refractivity contribution in [2.45, 2.75) is 19.0 Å². The van der Waals surface area contributed by atoms with Gasteiger partial charge in [-0.25, -0.2) is 4.39 Å². The van der Waals surface area contributed by atoms with Crippen LogP contribution in [0.3, 0.4) is 0 Å². The summed E-state index contributed by atoms with van der Waals surface area (Å²) < 4.78 is 13.2. The van der Waals surface area contributed by atoms with Crippen molar-refractivity contribution in [1.82, 2.24) is 10.2 Å². The van der Waals surface area contributed by atoms with Crippen molar-refractivity contribution in [3.05, 3.63) is 82.2 Å². The Bertz CT molecular complexity index is 995. The Labute approximate surface area is 180 Å². The van der Waals surface area contributed by atoms with Crippen LogP contribution >= 0.6 is 0 Å². The van der Waals surface area contributed by atoms with E-state index in [1.807, 2.05) is 0 Å². The highest BCUT2D eigenvalue weighted by molar-refractivity contribution is 5.82. The molecule has 2 heterocycles. The third-order valence-electron chi connectivity index (χ3n) is 6.07. The fourth-order valence-corrected chi connectivity index (χ4v) is 4.58. The van der Waals surface area contributed by atoms with Gasteiger partial charge in [-0.2, -0.15) is 0 Å². The first-order valence-corrected chi connectivity index (χ1v) is 10.4. The molecular weight excluding hydrogens is 399 g/mol. The second-order valence-electron chi connectivity index (χ2n) is 8.04. The third-order valence-corrected chi connectivity index (χ3v) is 6.07. The highest BCUT2D eigenvalue weighted by Gasteiger charge is 2.41. The molecule has 2 aliphatic heterocycles. The van der Waals surface area contributed by atoms with E-state index in [1.165, 1.54) is 18.2 Å². The Hall–Kier alpha value is -3.26. The minimum absolute atomic E-state index is 0.0393. The zero-order valence-corrected chi connectivity index (χ0v) is 17.2. The molecule has 1 N–H and O–H groups in total. The molecule has 0 spiro atoms. The minimum atomic E-state index is -0.403. The summed E-state index contributed by atoms with van der Waals surface area (Å²) in [6.45, 7) is 6.89. The maximum absolute atomic E-state index is 13.2. The number of amides is 1. The Balaban J connectivity index is 1.60. The molecule has 2 aromatic carbocycles. The number of rotatable bonds is 6. The van der Waals surface area contributed by atoms with Crippen molar-refractivity contribution in [2.75, 3.05) is 31.1 Å². The van der Waals surface area contributed by atoms with Crippen LogP contribution in [0.25, 0.3) is 0 Å². The van der Waals surface area contributed by atoms with Gasteiger partial charge in [0.2, 0.25) is 5.91 Å². The van der Waals surface area contributed by atoms with Crippen molar-refractivity contribution in [3.8, 4) is 0 Å². The van der Waals surface area contributed by atoms with Crippen LogP contribution in [0.1, 0.15) is 11.1 Å². The van der Waals surface area contributed by atoms with Crippen molar-refractivity contribution in [1.29, 1.82) is 0 Å². The SMILES string of the molecule is C=CCNC(=O)[C@H]1Cc2cc([N+](=O)[O-])ccc2N2CCN(Cc3ccc(F)cc3)C[C@@H]12. The molecule has 0 aromatic heterocycles. The number of hydrogen-bond acceptors (Lipinski definition) is 5. The van der Waals surface area contributed by atoms with Gasteiger partial charge in [-0.1, -0.05) is 18.2 Å². The van der Waals surface area contributed by atoms with E-state index in [0.29, 0.717) is 32.6 Å². The number of carbonyl (C=O) groups is 1. The van der Waals surface area contributed by atoms with Gasteiger partial charge in [-0.15, -0.1) is 6.58 Å². The van der Waals surface area contributed by atoms with Gasteiger partial charge >= 0.3 is 0 Å². The fourth-order valence-electron chi connectivity index (χ4n) is 4.58. The van der Waals surface area contributed by atoms with Crippen LogP contribution < -0.4 is 10.2 Å². The predicted molar refractivity (Wildman–Crippen MR) is 116 cm³/mol. The number of benzene rings is 2. The molecular formula is C23H25FN4O3. The Morgan fingerprint density at radius 2 is 2.03 bits per heavy atom. The molecule has 2 aromatic rings. The molecule has 4 rings (SSSR count). The van der Waals surface area contributed by atoms with E-state index in [2.05, 4.69) is 21.7 Å². The van der Waals surface area contributed by atoms with Crippen molar-refractivity contribution in [3.63, 3.8) is 0 Å². The van der Waals surface area contributed by atoms with E-state index < -0.39 is 4.92 Å². The van der Waals surface area contributed by atoms with Gasteiger partial charge in [0, 0.05) is 50.5 Å². The van der Waals surface area contributed by atoms with Gasteiger partial charge in [0.05, 0.1) is 16.9 Å². The topological polar surface area (TPSA) is 78.7 Å². The number of non-ortho nitro benzene ring substituents is 1. The highest BCUT2D eigenvalue weighted by Crippen LogP contribution is 2.38. The van der Waals surface area contributed by atoms with Crippen molar-refractivity contribution >= 4 is 17.3 Å². The smallest absolute Gasteiger partial charge is 0.269 e. The number of fused-ring (bicyclic) bond motifs is 3. The molecule has 31 heavy (non-hydrogen) atoms. The lowest BCUT2D eigenvalue weighted by Gasteiger charge is -2.49. The number of nitro benzene ring substituents is 1. The van der Waals surface area contributed by atoms with Crippen molar-refractivity contribution < 1.29 is 14.1 Å². The van der Waals surface area contributed by atoms with Gasteiger partial charge in [-0.3, -0.25) is 19.8 Å². The van der Waals surface area contributed by atoms with E-state index >= 15 is 0 Å². The largest absolute Gasteiger partial charge is 0.365 e. The fraction of sp³-hybridized carbons (Fsp3) is 0.348. The third kappa shape index (κ3) is 4.44. The number of nitrogens with one attached hydrogen (secondary N) is 1. The summed E-state index contributed by atoms with van der Waals surface area (Å²) in [4.78, 5) is 28.3. The van der Waals surface area contributed by atoms with E-state index in [0.717, 1.165) is 23.4 Å². The summed E-state index contributed by atoms with van der Waals surface area (Å²) in [5.41, 5.74) is 2.85. The molecule has 0 aliphatic carbocycles. The highest BCUT2D eigenvalue weighted by atomic mass is 19.1. The van der Waals surface area contributed by atoms with Crippen LogP contribution in [-0.4, -0.2) is 48.0 Å². The van der Waals surface area contributed by atoms with Crippen LogP contribution in [0.5, 0.6) is 0 Å². The number of carbonyl (C=O) groups excluding carboxylic acids is 1. The molecule has 0 unspecified atom stereocenters. The molecule has 2 atom stereocenters. The standard InChI is InChI=1S/C23H25FN4O3/c1-2-9-25-23(29)20-13-17-12-19(28(30)31)7-8-21(17)27-11-10-26(15-22(20)27)14-16-3-5-18(24)6-4-16/h2-8,12,20,22H,1,9-11,13-15H2,(H,25,29)/t20-,22-/m0/s1. The normalized spacial score (nSPS) is 20.5. The summed E-state index contributed by atoms with van der Waals surface area (Å²) in [6.07, 6.45) is 2.09. The summed E-state index contributed by atoms with van der Waals surface area (Å²) in [5, 5.41) is 14.1. The minimum Gasteiger partial charge on any atom is -0.365 e. The molecule has 1 amide bonds. The van der Waals surface area contributed by atoms with Gasteiger partial charge in [0.25, 0.3) is 5.69 Å². The van der Waals surface area contributed by atoms with Crippen LogP contribution in [0.4, 0.5) is 15.8 Å². The molecule has 7 nitrogen and oxygen atoms in total. The first-order valence-electron chi connectivity index (χ1n) is 10.4. The van der Waals surface area contributed by atoms with E-state index in [4.69, 9.17) is 0 Å². The molecule has 0 bridgehead atoms. The van der Waals surface area contributed by atoms with Gasteiger partial charge < -0.3 is 10.2 Å². The lowest BCUT2D eigenvalue weighted by atomic mass is 9.83. The van der Waals surface area contributed by atoms with Crippen LogP contribution in [0.15, 0.2) is 55.1 Å². The first-order chi connectivity index (χ1) is 15.0. The number of piperazine rings is 1. The van der Waals surface area contributed by atoms with E-state index in [1.54, 1.807) is 30.3 Å². The maximum Gasteiger partial charge on any atom is 0.269 e. The zero-order valence-electron chi connectivity index (χ0n) is 17.2. The monoisotopic (exact) mass is 424 g/mol. The molecule has 2 aliphatic rings. The molecule has 0 saturated carbocycles. The zero-order chi connectivity index (χ0) is 22.0. The Morgan fingerprint density at radius 3 is 2.74 bits per heavy atom. The second-order valence-corrected chi connectivity index (χ2v) is 8.04. The Morgan fingerprint density at radius 1 is 1.26 bits per heavy atom. The first kappa shape index (κ1) is 21.0. The number of hydrogen-bond donors (Lipinski definition) is 1. The summed E-state index contributed by atoms with van der Waals surface area (Å²) in [5.74, 6) is -0.660.